The van der Waals surface area contributed by atoms with E-state index in [4.69, 9.17) is 27.9 Å². The number of benzene rings is 1. The van der Waals surface area contributed by atoms with E-state index in [-0.39, 0.29) is 27.6 Å². The summed E-state index contributed by atoms with van der Waals surface area (Å²) in [5.74, 6) is 0.814. The van der Waals surface area contributed by atoms with Crippen molar-refractivity contribution in [3.8, 4) is 11.5 Å². The summed E-state index contributed by atoms with van der Waals surface area (Å²) >= 11 is 12.9. The van der Waals surface area contributed by atoms with Gasteiger partial charge < -0.3 is 14.6 Å². The first-order chi connectivity index (χ1) is 18.2. The van der Waals surface area contributed by atoms with Gasteiger partial charge in [-0.25, -0.2) is 14.5 Å². The zero-order valence-corrected chi connectivity index (χ0v) is 21.3. The normalized spacial score (nSPS) is 14.3. The van der Waals surface area contributed by atoms with Crippen molar-refractivity contribution in [3.05, 3.63) is 64.3 Å². The zero-order chi connectivity index (χ0) is 26.6. The molecule has 0 amide bonds. The Morgan fingerprint density at radius 3 is 2.61 bits per heavy atom. The van der Waals surface area contributed by atoms with Gasteiger partial charge in [-0.1, -0.05) is 23.2 Å². The van der Waals surface area contributed by atoms with Crippen molar-refractivity contribution < 1.29 is 17.9 Å². The summed E-state index contributed by atoms with van der Waals surface area (Å²) in [6, 6.07) is 3.94. The molecule has 1 aliphatic heterocycles. The molecule has 1 N–H and O–H groups in total. The number of pyridine rings is 1. The van der Waals surface area contributed by atoms with Crippen LogP contribution in [0.2, 0.25) is 10.2 Å². The van der Waals surface area contributed by atoms with Crippen LogP contribution in [0.5, 0.6) is 11.5 Å². The largest absolute Gasteiger partial charge is 0.450 e. The number of hydrogen-bond acceptors (Lipinski definition) is 7. The van der Waals surface area contributed by atoms with Gasteiger partial charge in [0.05, 0.1) is 18.0 Å². The number of anilines is 2. The van der Waals surface area contributed by atoms with E-state index in [1.54, 1.807) is 23.9 Å². The van der Waals surface area contributed by atoms with Crippen LogP contribution < -0.4 is 10.1 Å². The Morgan fingerprint density at radius 2 is 1.87 bits per heavy atom. The molecule has 196 valence electrons. The minimum atomic E-state index is -4.48. The molecule has 1 fully saturated rings. The van der Waals surface area contributed by atoms with E-state index in [1.807, 2.05) is 0 Å². The average molecular weight is 563 g/mol. The molecule has 1 saturated heterocycles. The molecule has 0 unspecified atom stereocenters. The number of aromatic nitrogens is 6. The number of nitrogens with zero attached hydrogens (tertiary/aromatic N) is 7. The fraction of sp³-hybridized carbons (Fsp3) is 0.250. The number of fused-ring (bicyclic) bond motifs is 2. The van der Waals surface area contributed by atoms with E-state index >= 15 is 0 Å². The smallest absolute Gasteiger partial charge is 0.416 e. The van der Waals surface area contributed by atoms with Gasteiger partial charge >= 0.3 is 6.18 Å². The van der Waals surface area contributed by atoms with Gasteiger partial charge in [0.25, 0.3) is 0 Å². The third kappa shape index (κ3) is 4.48. The van der Waals surface area contributed by atoms with Crippen LogP contribution in [0.4, 0.5) is 24.8 Å². The lowest BCUT2D eigenvalue weighted by Gasteiger charge is -2.31. The van der Waals surface area contributed by atoms with Gasteiger partial charge in [-0.2, -0.15) is 23.3 Å². The van der Waals surface area contributed by atoms with Crippen molar-refractivity contribution in [2.24, 2.45) is 7.05 Å². The first-order valence-electron chi connectivity index (χ1n) is 11.5. The second-order valence-electron chi connectivity index (χ2n) is 8.90. The fourth-order valence-corrected chi connectivity index (χ4v) is 4.85. The number of imidazole rings is 1. The molecule has 5 heterocycles. The number of aryl methyl sites for hydroxylation is 1. The highest BCUT2D eigenvalue weighted by molar-refractivity contribution is 6.36. The maximum Gasteiger partial charge on any atom is 0.416 e. The lowest BCUT2D eigenvalue weighted by molar-refractivity contribution is -0.137. The van der Waals surface area contributed by atoms with E-state index in [9.17, 15) is 13.2 Å². The van der Waals surface area contributed by atoms with Crippen LogP contribution in [0.1, 0.15) is 17.5 Å². The van der Waals surface area contributed by atoms with Gasteiger partial charge in [-0.3, -0.25) is 4.90 Å². The number of rotatable bonds is 6. The predicted octanol–water partition coefficient (Wildman–Crippen LogP) is 6.08. The molecule has 6 rings (SSSR count). The van der Waals surface area contributed by atoms with Crippen molar-refractivity contribution in [3.63, 3.8) is 0 Å². The summed E-state index contributed by atoms with van der Waals surface area (Å²) in [7, 11) is 1.68. The number of ether oxygens (including phenoxy) is 1. The maximum atomic E-state index is 13.6. The summed E-state index contributed by atoms with van der Waals surface area (Å²) in [5.41, 5.74) is 1.27. The number of halogens is 5. The topological polar surface area (TPSA) is 85.4 Å². The van der Waals surface area contributed by atoms with Gasteiger partial charge in [-0.05, 0) is 43.3 Å². The molecule has 14 heteroatoms. The van der Waals surface area contributed by atoms with Crippen molar-refractivity contribution in [1.29, 1.82) is 0 Å². The average Bonchev–Trinajstić information content (AvgIpc) is 3.39. The highest BCUT2D eigenvalue weighted by Gasteiger charge is 2.32. The standard InChI is InChI=1S/C24H19Cl2F3N8O/c1-35-20-18(25)16(38-17-11-32-37-6-3-30-21(26)19(17)37)10-31-22(20)34-23(35)33-15-8-13(12-36-4-2-5-36)7-14(9-15)24(27,28)29/h3,6-11H,2,4-5,12H2,1H3,(H,31,33,34). The first-order valence-corrected chi connectivity index (χ1v) is 12.3. The predicted molar refractivity (Wildman–Crippen MR) is 136 cm³/mol. The van der Waals surface area contributed by atoms with Crippen LogP contribution in [0.15, 0.2) is 43.0 Å². The summed E-state index contributed by atoms with van der Waals surface area (Å²) in [6.45, 7) is 2.19. The summed E-state index contributed by atoms with van der Waals surface area (Å²) in [4.78, 5) is 14.9. The Bertz CT molecular complexity index is 1680. The first kappa shape index (κ1) is 24.7. The van der Waals surface area contributed by atoms with Gasteiger partial charge in [0.15, 0.2) is 22.3 Å². The van der Waals surface area contributed by atoms with Crippen molar-refractivity contribution in [2.75, 3.05) is 18.4 Å². The Morgan fingerprint density at radius 1 is 1.05 bits per heavy atom. The number of alkyl halides is 3. The lowest BCUT2D eigenvalue weighted by atomic mass is 10.1. The van der Waals surface area contributed by atoms with E-state index in [1.165, 1.54) is 29.2 Å². The van der Waals surface area contributed by atoms with Crippen molar-refractivity contribution >= 4 is 51.5 Å². The fourth-order valence-electron chi connectivity index (χ4n) is 4.31. The Balaban J connectivity index is 1.34. The van der Waals surface area contributed by atoms with E-state index in [2.05, 4.69) is 30.3 Å². The molecular weight excluding hydrogens is 544 g/mol. The van der Waals surface area contributed by atoms with Crippen LogP contribution in [-0.2, 0) is 19.8 Å². The van der Waals surface area contributed by atoms with Crippen molar-refractivity contribution in [2.45, 2.75) is 19.1 Å². The number of nitrogens with one attached hydrogen (secondary N) is 1. The molecule has 1 aromatic carbocycles. The van der Waals surface area contributed by atoms with Gasteiger partial charge in [0.1, 0.15) is 16.1 Å². The molecule has 38 heavy (non-hydrogen) atoms. The van der Waals surface area contributed by atoms with Crippen LogP contribution in [0, 0.1) is 0 Å². The van der Waals surface area contributed by atoms with Crippen molar-refractivity contribution in [1.82, 2.24) is 34.0 Å². The monoisotopic (exact) mass is 562 g/mol. The second kappa shape index (κ2) is 9.29. The Kier molecular flexibility index (Phi) is 6.04. The maximum absolute atomic E-state index is 13.6. The van der Waals surface area contributed by atoms with E-state index < -0.39 is 11.7 Å². The Labute approximate surface area is 223 Å². The minimum Gasteiger partial charge on any atom is -0.450 e. The number of likely N-dealkylation sites (tertiary alicyclic amines) is 1. The summed E-state index contributed by atoms with van der Waals surface area (Å²) in [5, 5.41) is 7.60. The molecule has 0 spiro atoms. The third-order valence-corrected chi connectivity index (χ3v) is 6.95. The molecule has 4 aromatic heterocycles. The van der Waals surface area contributed by atoms with Crippen LogP contribution in [-0.4, -0.2) is 47.1 Å². The lowest BCUT2D eigenvalue weighted by Crippen LogP contribution is -2.36. The third-order valence-electron chi connectivity index (χ3n) is 6.31. The van der Waals surface area contributed by atoms with E-state index in [0.717, 1.165) is 25.6 Å². The van der Waals surface area contributed by atoms with E-state index in [0.29, 0.717) is 34.5 Å². The minimum absolute atomic E-state index is 0.201. The molecule has 9 nitrogen and oxygen atoms in total. The zero-order valence-electron chi connectivity index (χ0n) is 19.8. The highest BCUT2D eigenvalue weighted by Crippen LogP contribution is 2.38. The molecule has 0 bridgehead atoms. The molecule has 5 aromatic rings. The molecular formula is C24H19Cl2F3N8O. The molecule has 0 aliphatic carbocycles. The number of hydrogen-bond donors (Lipinski definition) is 1. The van der Waals surface area contributed by atoms with Gasteiger partial charge in [-0.15, -0.1) is 0 Å². The summed E-state index contributed by atoms with van der Waals surface area (Å²) in [6.07, 6.45) is 2.58. The highest BCUT2D eigenvalue weighted by atomic mass is 35.5. The Hall–Kier alpha value is -3.61. The molecule has 0 radical (unpaired) electrons. The van der Waals surface area contributed by atoms with Crippen LogP contribution in [0.3, 0.4) is 0 Å². The van der Waals surface area contributed by atoms with Gasteiger partial charge in [0, 0.05) is 31.7 Å². The van der Waals surface area contributed by atoms with Crippen LogP contribution in [0.25, 0.3) is 16.7 Å². The quantitative estimate of drug-likeness (QED) is 0.268. The van der Waals surface area contributed by atoms with Crippen LogP contribution >= 0.6 is 23.2 Å². The molecule has 0 atom stereocenters. The molecule has 0 saturated carbocycles. The van der Waals surface area contributed by atoms with Gasteiger partial charge in [0.2, 0.25) is 5.95 Å². The SMILES string of the molecule is Cn1c(Nc2cc(CN3CCC3)cc(C(F)(F)F)c2)nc2ncc(Oc3cnn4ccnc(Cl)c34)c(Cl)c21. The molecule has 1 aliphatic rings. The second-order valence-corrected chi connectivity index (χ2v) is 9.63. The summed E-state index contributed by atoms with van der Waals surface area (Å²) < 4.78 is 49.9.